The average Bonchev–Trinajstić information content (AvgIpc) is 2.41. The molecule has 0 aliphatic heterocycles. The Hall–Kier alpha value is -2.57. The van der Waals surface area contributed by atoms with Crippen molar-refractivity contribution in [3.8, 4) is 5.75 Å². The van der Waals surface area contributed by atoms with E-state index in [1.807, 2.05) is 18.4 Å². The fourth-order valence-electron chi connectivity index (χ4n) is 1.40. The van der Waals surface area contributed by atoms with E-state index >= 15 is 0 Å². The molecule has 0 aliphatic rings. The number of hydrogen-bond donors (Lipinski definition) is 3. The van der Waals surface area contributed by atoms with Crippen LogP contribution in [0.3, 0.4) is 0 Å². The van der Waals surface area contributed by atoms with Crippen LogP contribution in [0.2, 0.25) is 0 Å². The lowest BCUT2D eigenvalue weighted by molar-refractivity contribution is -0.141. The van der Waals surface area contributed by atoms with Crippen LogP contribution < -0.4 is 20.9 Å². The molecule has 0 aromatic heterocycles. The molecular weight excluding hydrogens is 274 g/mol. The molecule has 0 bridgehead atoms. The fourth-order valence-corrected chi connectivity index (χ4v) is 1.40. The molecule has 0 fully saturated rings. The molecule has 1 aromatic carbocycles. The third kappa shape index (κ3) is 6.42. The molecule has 0 radical (unpaired) electrons. The lowest BCUT2D eigenvalue weighted by Crippen LogP contribution is -2.50. The number of hydrogen-bond acceptors (Lipinski definition) is 4. The van der Waals surface area contributed by atoms with Crippen LogP contribution in [0.4, 0.5) is 0 Å². The summed E-state index contributed by atoms with van der Waals surface area (Å²) in [6.07, 6.45) is 0. The van der Waals surface area contributed by atoms with E-state index in [2.05, 4.69) is 10.7 Å². The van der Waals surface area contributed by atoms with E-state index in [1.54, 1.807) is 32.0 Å². The average molecular weight is 293 g/mol. The molecule has 0 unspecified atom stereocenters. The second kappa shape index (κ2) is 7.88. The Morgan fingerprint density at radius 2 is 1.86 bits per heavy atom. The van der Waals surface area contributed by atoms with Gasteiger partial charge in [0.1, 0.15) is 5.75 Å². The zero-order valence-electron chi connectivity index (χ0n) is 12.2. The number of nitrogens with one attached hydrogen (secondary N) is 3. The lowest BCUT2D eigenvalue weighted by Gasteiger charge is -2.10. The Bertz CT molecular complexity index is 529. The summed E-state index contributed by atoms with van der Waals surface area (Å²) >= 11 is 0. The zero-order valence-corrected chi connectivity index (χ0v) is 12.2. The van der Waals surface area contributed by atoms with Crippen molar-refractivity contribution in [3.05, 3.63) is 29.8 Å². The molecule has 0 saturated heterocycles. The van der Waals surface area contributed by atoms with Crippen LogP contribution in [0.5, 0.6) is 5.75 Å². The fraction of sp³-hybridized carbons (Fsp3) is 0.357. The predicted octanol–water partition coefficient (Wildman–Crippen LogP) is 0.0458. The van der Waals surface area contributed by atoms with Gasteiger partial charge >= 0.3 is 11.8 Å². The first-order valence-corrected chi connectivity index (χ1v) is 6.47. The largest absolute Gasteiger partial charge is 0.484 e. The van der Waals surface area contributed by atoms with Gasteiger partial charge in [-0.05, 0) is 38.5 Å². The van der Waals surface area contributed by atoms with E-state index in [0.717, 1.165) is 5.56 Å². The number of carbonyl (C=O) groups is 3. The van der Waals surface area contributed by atoms with Crippen molar-refractivity contribution in [1.82, 2.24) is 16.2 Å². The SMILES string of the molecule is Cc1cccc(OCC(=O)NNC(=O)C(=O)NC(C)C)c1. The van der Waals surface area contributed by atoms with Gasteiger partial charge in [0, 0.05) is 6.04 Å². The summed E-state index contributed by atoms with van der Waals surface area (Å²) in [6.45, 7) is 5.08. The smallest absolute Gasteiger partial charge is 0.327 e. The van der Waals surface area contributed by atoms with Crippen LogP contribution in [0.25, 0.3) is 0 Å². The molecular formula is C14H19N3O4. The minimum absolute atomic E-state index is 0.163. The van der Waals surface area contributed by atoms with Crippen molar-refractivity contribution in [2.75, 3.05) is 6.61 Å². The number of aryl methyl sites for hydroxylation is 1. The summed E-state index contributed by atoms with van der Waals surface area (Å²) in [6, 6.07) is 7.04. The molecule has 0 heterocycles. The zero-order chi connectivity index (χ0) is 15.8. The first kappa shape index (κ1) is 16.5. The van der Waals surface area contributed by atoms with Crippen LogP contribution in [0, 0.1) is 6.92 Å². The van der Waals surface area contributed by atoms with Crippen LogP contribution in [-0.4, -0.2) is 30.4 Å². The van der Waals surface area contributed by atoms with E-state index in [4.69, 9.17) is 4.74 Å². The first-order chi connectivity index (χ1) is 9.88. The normalized spacial score (nSPS) is 9.90. The molecule has 0 spiro atoms. The van der Waals surface area contributed by atoms with E-state index in [1.165, 1.54) is 0 Å². The highest BCUT2D eigenvalue weighted by molar-refractivity contribution is 6.35. The van der Waals surface area contributed by atoms with Gasteiger partial charge in [-0.1, -0.05) is 12.1 Å². The molecule has 114 valence electrons. The second-order valence-electron chi connectivity index (χ2n) is 4.74. The maximum absolute atomic E-state index is 11.5. The summed E-state index contributed by atoms with van der Waals surface area (Å²) in [4.78, 5) is 34.1. The molecule has 0 atom stereocenters. The summed E-state index contributed by atoms with van der Waals surface area (Å²) in [5, 5.41) is 2.40. The summed E-state index contributed by atoms with van der Waals surface area (Å²) < 4.78 is 5.24. The molecule has 7 nitrogen and oxygen atoms in total. The van der Waals surface area contributed by atoms with Crippen molar-refractivity contribution < 1.29 is 19.1 Å². The van der Waals surface area contributed by atoms with Gasteiger partial charge in [0.15, 0.2) is 6.61 Å². The van der Waals surface area contributed by atoms with E-state index in [-0.39, 0.29) is 12.6 Å². The van der Waals surface area contributed by atoms with Crippen molar-refractivity contribution in [1.29, 1.82) is 0 Å². The summed E-state index contributed by atoms with van der Waals surface area (Å²) in [7, 11) is 0. The first-order valence-electron chi connectivity index (χ1n) is 6.47. The van der Waals surface area contributed by atoms with Gasteiger partial charge in [-0.15, -0.1) is 0 Å². The number of benzene rings is 1. The number of ether oxygens (including phenoxy) is 1. The van der Waals surface area contributed by atoms with Crippen molar-refractivity contribution in [2.24, 2.45) is 0 Å². The topological polar surface area (TPSA) is 96.5 Å². The monoisotopic (exact) mass is 293 g/mol. The van der Waals surface area contributed by atoms with E-state index < -0.39 is 17.7 Å². The van der Waals surface area contributed by atoms with E-state index in [0.29, 0.717) is 5.75 Å². The molecule has 3 amide bonds. The Morgan fingerprint density at radius 1 is 1.14 bits per heavy atom. The second-order valence-corrected chi connectivity index (χ2v) is 4.74. The van der Waals surface area contributed by atoms with Gasteiger partial charge < -0.3 is 10.1 Å². The van der Waals surface area contributed by atoms with Gasteiger partial charge in [0.2, 0.25) is 0 Å². The lowest BCUT2D eigenvalue weighted by atomic mass is 10.2. The minimum atomic E-state index is -0.937. The number of rotatable bonds is 4. The molecule has 1 rings (SSSR count). The highest BCUT2D eigenvalue weighted by atomic mass is 16.5. The third-order valence-corrected chi connectivity index (χ3v) is 2.30. The predicted molar refractivity (Wildman–Crippen MR) is 76.2 cm³/mol. The van der Waals surface area contributed by atoms with Gasteiger partial charge in [-0.3, -0.25) is 25.2 Å². The Balaban J connectivity index is 2.31. The maximum Gasteiger partial charge on any atom is 0.327 e. The quantitative estimate of drug-likeness (QED) is 0.539. The van der Waals surface area contributed by atoms with Gasteiger partial charge in [0.05, 0.1) is 0 Å². The minimum Gasteiger partial charge on any atom is -0.484 e. The Labute approximate surface area is 123 Å². The van der Waals surface area contributed by atoms with Crippen LogP contribution in [0.1, 0.15) is 19.4 Å². The third-order valence-electron chi connectivity index (χ3n) is 2.30. The standard InChI is InChI=1S/C14H19N3O4/c1-9(2)15-13(19)14(20)17-16-12(18)8-21-11-6-4-5-10(3)7-11/h4-7,9H,8H2,1-3H3,(H,15,19)(H,16,18)(H,17,20). The van der Waals surface area contributed by atoms with E-state index in [9.17, 15) is 14.4 Å². The molecule has 21 heavy (non-hydrogen) atoms. The van der Waals surface area contributed by atoms with Gasteiger partial charge in [-0.2, -0.15) is 0 Å². The van der Waals surface area contributed by atoms with Gasteiger partial charge in [-0.25, -0.2) is 0 Å². The summed E-state index contributed by atoms with van der Waals surface area (Å²) in [5.41, 5.74) is 5.11. The van der Waals surface area contributed by atoms with Crippen molar-refractivity contribution in [3.63, 3.8) is 0 Å². The Morgan fingerprint density at radius 3 is 2.48 bits per heavy atom. The highest BCUT2D eigenvalue weighted by Gasteiger charge is 2.14. The highest BCUT2D eigenvalue weighted by Crippen LogP contribution is 2.11. The van der Waals surface area contributed by atoms with Crippen LogP contribution in [0.15, 0.2) is 24.3 Å². The maximum atomic E-state index is 11.5. The molecule has 0 aliphatic carbocycles. The summed E-state index contributed by atoms with van der Waals surface area (Å²) in [5.74, 6) is -1.77. The number of carbonyl (C=O) groups excluding carboxylic acids is 3. The van der Waals surface area contributed by atoms with Crippen LogP contribution >= 0.6 is 0 Å². The van der Waals surface area contributed by atoms with Crippen molar-refractivity contribution >= 4 is 17.7 Å². The molecule has 7 heteroatoms. The molecule has 3 N–H and O–H groups in total. The number of amides is 3. The van der Waals surface area contributed by atoms with Gasteiger partial charge in [0.25, 0.3) is 5.91 Å². The van der Waals surface area contributed by atoms with Crippen molar-refractivity contribution in [2.45, 2.75) is 26.8 Å². The van der Waals surface area contributed by atoms with Crippen LogP contribution in [-0.2, 0) is 14.4 Å². The number of hydrazine groups is 1. The Kier molecular flexibility index (Phi) is 6.19. The molecule has 0 saturated carbocycles. The molecule has 1 aromatic rings.